The van der Waals surface area contributed by atoms with Crippen molar-refractivity contribution >= 4 is 40.0 Å². The molecule has 0 bridgehead atoms. The van der Waals surface area contributed by atoms with Crippen LogP contribution in [0.4, 0.5) is 20.2 Å². The highest BCUT2D eigenvalue weighted by Crippen LogP contribution is 2.35. The van der Waals surface area contributed by atoms with E-state index in [1.165, 1.54) is 7.11 Å². The second-order valence-corrected chi connectivity index (χ2v) is 7.70. The first-order chi connectivity index (χ1) is 13.4. The van der Waals surface area contributed by atoms with Gasteiger partial charge in [-0.2, -0.15) is 0 Å². The Labute approximate surface area is 164 Å². The summed E-state index contributed by atoms with van der Waals surface area (Å²) in [5.74, 6) is -1.73. The lowest BCUT2D eigenvalue weighted by Crippen LogP contribution is -2.07. The predicted octanol–water partition coefficient (Wildman–Crippen LogP) is 4.61. The van der Waals surface area contributed by atoms with Crippen molar-refractivity contribution in [2.75, 3.05) is 11.8 Å². The van der Waals surface area contributed by atoms with Crippen LogP contribution in [0.2, 0.25) is 0 Å². The highest BCUT2D eigenvalue weighted by atomic mass is 32.2. The molecule has 3 aromatic rings. The first kappa shape index (κ1) is 19.8. The number of halogens is 2. The molecule has 1 aromatic heterocycles. The summed E-state index contributed by atoms with van der Waals surface area (Å²) < 4.78 is 41.8. The highest BCUT2D eigenvalue weighted by Gasteiger charge is 2.18. The number of anilines is 1. The van der Waals surface area contributed by atoms with Crippen molar-refractivity contribution < 1.29 is 27.5 Å². The van der Waals surface area contributed by atoms with Crippen LogP contribution in [0.5, 0.6) is 0 Å². The van der Waals surface area contributed by atoms with Gasteiger partial charge in [-0.15, -0.1) is 11.3 Å². The minimum atomic E-state index is -2.03. The van der Waals surface area contributed by atoms with Gasteiger partial charge >= 0.3 is 5.69 Å². The van der Waals surface area contributed by atoms with Crippen molar-refractivity contribution in [1.82, 2.24) is 0 Å². The highest BCUT2D eigenvalue weighted by molar-refractivity contribution is 7.86. The number of hydrogen-bond acceptors (Lipinski definition) is 5. The van der Waals surface area contributed by atoms with E-state index in [1.54, 1.807) is 30.3 Å². The molecule has 0 spiro atoms. The first-order valence-corrected chi connectivity index (χ1v) is 9.74. The number of nitrogens with zero attached hydrogens (tertiary/aromatic N) is 1. The van der Waals surface area contributed by atoms with Crippen LogP contribution >= 0.6 is 11.3 Å². The topological polar surface area (TPSA) is 75.5 Å². The van der Waals surface area contributed by atoms with E-state index in [0.717, 1.165) is 23.5 Å². The SMILES string of the molecule is CO[N+](=O)c1ccc(-c2cc(NS(=O)c3ccc(F)cc3F)c(C=O)s2)cc1. The molecule has 0 aliphatic rings. The minimum Gasteiger partial charge on any atom is -0.299 e. The van der Waals surface area contributed by atoms with Crippen LogP contribution in [0.15, 0.2) is 53.4 Å². The number of carbonyl (C=O) groups is 1. The molecule has 1 unspecified atom stereocenters. The lowest BCUT2D eigenvalue weighted by molar-refractivity contribution is -0.736. The largest absolute Gasteiger partial charge is 0.316 e. The van der Waals surface area contributed by atoms with Gasteiger partial charge in [-0.25, -0.2) is 17.8 Å². The molecule has 10 heteroatoms. The Kier molecular flexibility index (Phi) is 5.90. The van der Waals surface area contributed by atoms with E-state index in [-0.39, 0.29) is 15.5 Å². The average Bonchev–Trinajstić information content (AvgIpc) is 3.10. The number of carbonyl (C=O) groups excluding carboxylic acids is 1. The van der Waals surface area contributed by atoms with E-state index in [1.807, 2.05) is 0 Å². The van der Waals surface area contributed by atoms with Gasteiger partial charge in [0.15, 0.2) is 24.4 Å². The second-order valence-electron chi connectivity index (χ2n) is 5.44. The molecule has 6 nitrogen and oxygen atoms in total. The molecule has 0 saturated carbocycles. The Morgan fingerprint density at radius 1 is 1.14 bits per heavy atom. The summed E-state index contributed by atoms with van der Waals surface area (Å²) >= 11 is 1.13. The Morgan fingerprint density at radius 2 is 1.86 bits per heavy atom. The Bertz CT molecular complexity index is 1070. The summed E-state index contributed by atoms with van der Waals surface area (Å²) in [6.45, 7) is 0. The van der Waals surface area contributed by atoms with Gasteiger partial charge in [-0.3, -0.25) is 9.52 Å². The van der Waals surface area contributed by atoms with E-state index >= 15 is 0 Å². The fourth-order valence-corrected chi connectivity index (χ4v) is 4.25. The summed E-state index contributed by atoms with van der Waals surface area (Å²) in [5.41, 5.74) is 1.27. The molecule has 3 rings (SSSR count). The normalized spacial score (nSPS) is 11.7. The number of nitrogens with one attached hydrogen (secondary N) is 1. The van der Waals surface area contributed by atoms with Crippen molar-refractivity contribution in [2.45, 2.75) is 4.90 Å². The molecule has 0 amide bonds. The molecule has 1 atom stereocenters. The molecule has 0 aliphatic heterocycles. The molecule has 1 heterocycles. The third-order valence-corrected chi connectivity index (χ3v) is 5.94. The van der Waals surface area contributed by atoms with E-state index < -0.39 is 22.6 Å². The monoisotopic (exact) mass is 423 g/mol. The van der Waals surface area contributed by atoms with Gasteiger partial charge in [0.1, 0.15) is 11.6 Å². The van der Waals surface area contributed by atoms with Gasteiger partial charge in [0.05, 0.1) is 20.4 Å². The molecule has 2 aromatic carbocycles. The van der Waals surface area contributed by atoms with Gasteiger partial charge in [0, 0.05) is 23.1 Å². The number of aldehydes is 1. The lowest BCUT2D eigenvalue weighted by atomic mass is 10.1. The van der Waals surface area contributed by atoms with E-state index in [9.17, 15) is 22.7 Å². The molecule has 0 fully saturated rings. The standard InChI is InChI=1S/C18H12F2N2O4S2/c1-26-22(24)13-5-2-11(3-6-13)16-9-15(17(10-23)27-16)21-28(25)18-7-4-12(19)8-14(18)20/h2-10H,1H3/p+1. The van der Waals surface area contributed by atoms with E-state index in [4.69, 9.17) is 0 Å². The maximum atomic E-state index is 13.8. The van der Waals surface area contributed by atoms with E-state index in [0.29, 0.717) is 33.4 Å². The zero-order chi connectivity index (χ0) is 20.3. The van der Waals surface area contributed by atoms with E-state index in [2.05, 4.69) is 9.56 Å². The molecule has 0 radical (unpaired) electrons. The Balaban J connectivity index is 1.87. The molecule has 144 valence electrons. The molecular formula is C18H13F2N2O4S2+. The molecular weight excluding hydrogens is 410 g/mol. The maximum absolute atomic E-state index is 13.8. The molecule has 0 aliphatic carbocycles. The summed E-state index contributed by atoms with van der Waals surface area (Å²) in [6.07, 6.45) is 0.591. The molecule has 1 N–H and O–H groups in total. The quantitative estimate of drug-likeness (QED) is 0.445. The van der Waals surface area contributed by atoms with Gasteiger partial charge in [0.2, 0.25) is 0 Å². The van der Waals surface area contributed by atoms with Crippen LogP contribution in [0.25, 0.3) is 10.4 Å². The van der Waals surface area contributed by atoms with Gasteiger partial charge in [-0.05, 0) is 35.9 Å². The van der Waals surface area contributed by atoms with Crippen molar-refractivity contribution in [2.24, 2.45) is 0 Å². The maximum Gasteiger partial charge on any atom is 0.316 e. The predicted molar refractivity (Wildman–Crippen MR) is 102 cm³/mol. The third-order valence-electron chi connectivity index (χ3n) is 3.69. The van der Waals surface area contributed by atoms with Gasteiger partial charge in [0.25, 0.3) is 4.92 Å². The Morgan fingerprint density at radius 3 is 2.46 bits per heavy atom. The third kappa shape index (κ3) is 4.12. The van der Waals surface area contributed by atoms with Crippen molar-refractivity contribution in [3.63, 3.8) is 0 Å². The number of rotatable bonds is 7. The minimum absolute atomic E-state index is 0.231. The second kappa shape index (κ2) is 8.36. The van der Waals surface area contributed by atoms with Crippen LogP contribution in [-0.2, 0) is 15.8 Å². The van der Waals surface area contributed by atoms with Crippen LogP contribution in [0, 0.1) is 16.5 Å². The zero-order valence-corrected chi connectivity index (χ0v) is 16.0. The number of thiophene rings is 1. The number of hydrogen-bond donors (Lipinski definition) is 1. The van der Waals surface area contributed by atoms with Crippen LogP contribution in [0.1, 0.15) is 9.67 Å². The molecule has 28 heavy (non-hydrogen) atoms. The summed E-state index contributed by atoms with van der Waals surface area (Å²) in [5, 5.41) is 0. The average molecular weight is 423 g/mol. The Hall–Kier alpha value is -2.98. The van der Waals surface area contributed by atoms with Crippen LogP contribution in [-0.4, -0.2) is 22.5 Å². The fraction of sp³-hybridized carbons (Fsp3) is 0.0556. The summed E-state index contributed by atoms with van der Waals surface area (Å²) in [4.78, 5) is 28.4. The summed E-state index contributed by atoms with van der Waals surface area (Å²) in [6, 6.07) is 10.7. The van der Waals surface area contributed by atoms with Crippen LogP contribution < -0.4 is 4.72 Å². The van der Waals surface area contributed by atoms with Gasteiger partial charge < -0.3 is 0 Å². The van der Waals surface area contributed by atoms with Crippen molar-refractivity contribution in [1.29, 1.82) is 0 Å². The van der Waals surface area contributed by atoms with Crippen molar-refractivity contribution in [3.05, 3.63) is 69.9 Å². The lowest BCUT2D eigenvalue weighted by Gasteiger charge is -2.06. The van der Waals surface area contributed by atoms with Crippen LogP contribution in [0.3, 0.4) is 0 Å². The van der Waals surface area contributed by atoms with Crippen molar-refractivity contribution in [3.8, 4) is 10.4 Å². The van der Waals surface area contributed by atoms with Gasteiger partial charge in [-0.1, -0.05) is 0 Å². The zero-order valence-electron chi connectivity index (χ0n) is 14.3. The fourth-order valence-electron chi connectivity index (χ4n) is 2.35. The first-order valence-electron chi connectivity index (χ1n) is 7.77. The molecule has 0 saturated heterocycles. The smallest absolute Gasteiger partial charge is 0.299 e. The summed E-state index contributed by atoms with van der Waals surface area (Å²) in [7, 11) is -0.780. The number of benzene rings is 2.